The van der Waals surface area contributed by atoms with E-state index < -0.39 is 10.0 Å². The molecule has 2 saturated heterocycles. The molecule has 0 spiro atoms. The second kappa shape index (κ2) is 10.0. The summed E-state index contributed by atoms with van der Waals surface area (Å²) in [5, 5.41) is 1.60. The van der Waals surface area contributed by atoms with Crippen molar-refractivity contribution in [3.63, 3.8) is 0 Å². The van der Waals surface area contributed by atoms with Crippen molar-refractivity contribution in [2.24, 2.45) is 0 Å². The van der Waals surface area contributed by atoms with Crippen LogP contribution in [-0.2, 0) is 14.8 Å². The summed E-state index contributed by atoms with van der Waals surface area (Å²) in [6, 6.07) is 16.0. The van der Waals surface area contributed by atoms with Gasteiger partial charge in [-0.3, -0.25) is 4.79 Å². The molecule has 0 saturated carbocycles. The molecule has 0 bridgehead atoms. The zero-order chi connectivity index (χ0) is 26.3. The number of benzene rings is 2. The Morgan fingerprint density at radius 3 is 2.39 bits per heavy atom. The van der Waals surface area contributed by atoms with Gasteiger partial charge < -0.3 is 14.8 Å². The number of carbonyl (C=O) groups is 1. The highest BCUT2D eigenvalue weighted by molar-refractivity contribution is 7.89. The van der Waals surface area contributed by atoms with Gasteiger partial charge in [-0.15, -0.1) is 0 Å². The summed E-state index contributed by atoms with van der Waals surface area (Å²) in [5.41, 5.74) is 3.43. The van der Waals surface area contributed by atoms with Gasteiger partial charge in [-0.25, -0.2) is 23.1 Å². The van der Waals surface area contributed by atoms with Gasteiger partial charge in [0.2, 0.25) is 15.9 Å². The lowest BCUT2D eigenvalue weighted by Gasteiger charge is -2.33. The van der Waals surface area contributed by atoms with Crippen LogP contribution in [0.1, 0.15) is 25.7 Å². The first-order valence-corrected chi connectivity index (χ1v) is 14.5. The number of carbonyl (C=O) groups excluding carboxylic acids is 1. The van der Waals surface area contributed by atoms with E-state index in [4.69, 9.17) is 11.6 Å². The van der Waals surface area contributed by atoms with E-state index in [1.54, 1.807) is 35.5 Å². The molecule has 2 aliphatic heterocycles. The Morgan fingerprint density at radius 2 is 1.71 bits per heavy atom. The topological polar surface area (TPSA) is 111 Å². The van der Waals surface area contributed by atoms with Crippen molar-refractivity contribution in [3.05, 3.63) is 65.9 Å². The Morgan fingerprint density at radius 1 is 0.974 bits per heavy atom. The molecule has 4 heterocycles. The number of sulfonamides is 1. The first-order chi connectivity index (χ1) is 18.4. The van der Waals surface area contributed by atoms with Crippen LogP contribution < -0.4 is 14.5 Å². The quantitative estimate of drug-likeness (QED) is 0.369. The van der Waals surface area contributed by atoms with E-state index in [0.29, 0.717) is 43.9 Å². The van der Waals surface area contributed by atoms with Crippen molar-refractivity contribution < 1.29 is 13.2 Å². The van der Waals surface area contributed by atoms with Crippen LogP contribution in [0, 0.1) is 0 Å². The van der Waals surface area contributed by atoms with Gasteiger partial charge in [0.15, 0.2) is 0 Å². The van der Waals surface area contributed by atoms with Crippen LogP contribution in [-0.4, -0.2) is 55.0 Å². The van der Waals surface area contributed by atoms with Gasteiger partial charge in [0.1, 0.15) is 17.8 Å². The molecule has 38 heavy (non-hydrogen) atoms. The highest BCUT2D eigenvalue weighted by Gasteiger charge is 2.27. The van der Waals surface area contributed by atoms with Crippen LogP contribution in [0.2, 0.25) is 5.02 Å². The minimum Gasteiger partial charge on any atom is -0.356 e. The maximum Gasteiger partial charge on any atom is 0.240 e. The van der Waals surface area contributed by atoms with E-state index in [9.17, 15) is 13.2 Å². The van der Waals surface area contributed by atoms with Crippen molar-refractivity contribution >= 4 is 50.1 Å². The number of hydrogen-bond donors (Lipinski definition) is 2. The van der Waals surface area contributed by atoms with E-state index >= 15 is 0 Å². The molecule has 2 fully saturated rings. The first-order valence-electron chi connectivity index (χ1n) is 12.6. The molecule has 0 radical (unpaired) electrons. The lowest BCUT2D eigenvalue weighted by molar-refractivity contribution is -0.117. The predicted octanol–water partition coefficient (Wildman–Crippen LogP) is 4.35. The van der Waals surface area contributed by atoms with Crippen molar-refractivity contribution in [3.8, 4) is 11.3 Å². The second-order valence-electron chi connectivity index (χ2n) is 9.67. The summed E-state index contributed by atoms with van der Waals surface area (Å²) < 4.78 is 29.0. The molecule has 2 aromatic carbocycles. The fourth-order valence-electron chi connectivity index (χ4n) is 5.19. The van der Waals surface area contributed by atoms with Crippen molar-refractivity contribution in [2.75, 3.05) is 29.4 Å². The smallest absolute Gasteiger partial charge is 0.240 e. The normalized spacial score (nSPS) is 17.0. The summed E-state index contributed by atoms with van der Waals surface area (Å²) in [7, 11) is -3.67. The number of anilines is 2. The molecule has 2 N–H and O–H groups in total. The second-order valence-corrected chi connectivity index (χ2v) is 11.8. The highest BCUT2D eigenvalue weighted by Crippen LogP contribution is 2.31. The molecule has 11 heteroatoms. The molecule has 0 atom stereocenters. The van der Waals surface area contributed by atoms with Crippen LogP contribution in [0.25, 0.3) is 22.3 Å². The molecule has 6 rings (SSSR count). The third-order valence-corrected chi connectivity index (χ3v) is 9.00. The minimum atomic E-state index is -3.67. The first kappa shape index (κ1) is 24.8. The summed E-state index contributed by atoms with van der Waals surface area (Å²) in [5.74, 6) is 0.909. The van der Waals surface area contributed by atoms with Crippen LogP contribution >= 0.6 is 11.6 Å². The lowest BCUT2D eigenvalue weighted by atomic mass is 10.1. The number of aromatic amines is 1. The fourth-order valence-corrected chi connectivity index (χ4v) is 6.62. The maximum atomic E-state index is 13.0. The van der Waals surface area contributed by atoms with Crippen LogP contribution in [0.15, 0.2) is 65.8 Å². The molecule has 9 nitrogen and oxygen atoms in total. The molecule has 2 aliphatic rings. The van der Waals surface area contributed by atoms with Gasteiger partial charge in [-0.2, -0.15) is 0 Å². The van der Waals surface area contributed by atoms with E-state index in [0.717, 1.165) is 40.2 Å². The molecular formula is C27H27ClN6O3S. The third kappa shape index (κ3) is 4.87. The number of amides is 1. The Balaban J connectivity index is 1.12. The number of piperidine rings is 1. The van der Waals surface area contributed by atoms with E-state index in [2.05, 4.69) is 24.6 Å². The molecule has 0 aliphatic carbocycles. The van der Waals surface area contributed by atoms with Gasteiger partial charge in [-0.05, 0) is 67.3 Å². The van der Waals surface area contributed by atoms with Gasteiger partial charge in [0, 0.05) is 48.5 Å². The minimum absolute atomic E-state index is 0.0762. The zero-order valence-corrected chi connectivity index (χ0v) is 22.2. The molecule has 2 aromatic heterocycles. The van der Waals surface area contributed by atoms with Gasteiger partial charge in [-0.1, -0.05) is 23.7 Å². The Hall–Kier alpha value is -3.47. The number of fused-ring (bicyclic) bond motifs is 1. The largest absolute Gasteiger partial charge is 0.356 e. The van der Waals surface area contributed by atoms with E-state index in [-0.39, 0.29) is 16.8 Å². The predicted molar refractivity (Wildman–Crippen MR) is 148 cm³/mol. The summed E-state index contributed by atoms with van der Waals surface area (Å²) in [4.78, 5) is 28.4. The highest BCUT2D eigenvalue weighted by atomic mass is 35.5. The average molecular weight is 551 g/mol. The summed E-state index contributed by atoms with van der Waals surface area (Å²) in [6.07, 6.45) is 4.22. The Bertz CT molecular complexity index is 1580. The number of aromatic nitrogens is 3. The van der Waals surface area contributed by atoms with Crippen molar-refractivity contribution in [1.29, 1.82) is 0 Å². The Labute approximate surface area is 225 Å². The van der Waals surface area contributed by atoms with Crippen LogP contribution in [0.3, 0.4) is 0 Å². The molecule has 4 aromatic rings. The SMILES string of the molecule is O=C1CCCN1c1ccc(S(=O)(=O)NC2CCN(c3ncnc4[nH]c(-c5ccc(Cl)cc5)cc34)CC2)cc1. The average Bonchev–Trinajstić information content (AvgIpc) is 3.56. The summed E-state index contributed by atoms with van der Waals surface area (Å²) in [6.45, 7) is 2.00. The number of hydrogen-bond acceptors (Lipinski definition) is 6. The number of nitrogens with zero attached hydrogens (tertiary/aromatic N) is 4. The van der Waals surface area contributed by atoms with Crippen LogP contribution in [0.4, 0.5) is 11.5 Å². The Kier molecular flexibility index (Phi) is 6.55. The monoisotopic (exact) mass is 550 g/mol. The van der Waals surface area contributed by atoms with Gasteiger partial charge >= 0.3 is 0 Å². The number of H-pyrrole nitrogens is 1. The number of nitrogens with one attached hydrogen (secondary N) is 2. The molecular weight excluding hydrogens is 524 g/mol. The molecule has 1 amide bonds. The van der Waals surface area contributed by atoms with Gasteiger partial charge in [0.05, 0.1) is 10.3 Å². The fraction of sp³-hybridized carbons (Fsp3) is 0.296. The number of halogens is 1. The molecule has 0 unspecified atom stereocenters. The number of rotatable bonds is 6. The maximum absolute atomic E-state index is 13.0. The van der Waals surface area contributed by atoms with Crippen molar-refractivity contribution in [2.45, 2.75) is 36.6 Å². The van der Waals surface area contributed by atoms with Crippen LogP contribution in [0.5, 0.6) is 0 Å². The third-order valence-electron chi connectivity index (χ3n) is 7.21. The summed E-state index contributed by atoms with van der Waals surface area (Å²) >= 11 is 6.03. The zero-order valence-electron chi connectivity index (χ0n) is 20.6. The standard InChI is InChI=1S/C27H27ClN6O3S/c28-19-5-3-18(4-6-19)24-16-23-26(31-24)29-17-30-27(23)33-14-11-20(12-15-33)32-38(36,37)22-9-7-21(8-10-22)34-13-1-2-25(34)35/h3-10,16-17,20,32H,1-2,11-15H2,(H,29,30,31). The lowest BCUT2D eigenvalue weighted by Crippen LogP contribution is -2.44. The van der Waals surface area contributed by atoms with Crippen molar-refractivity contribution in [1.82, 2.24) is 19.7 Å². The van der Waals surface area contributed by atoms with E-state index in [1.807, 2.05) is 30.3 Å². The molecule has 196 valence electrons. The van der Waals surface area contributed by atoms with Gasteiger partial charge in [0.25, 0.3) is 0 Å². The van der Waals surface area contributed by atoms with E-state index in [1.165, 1.54) is 0 Å².